The molecule has 11 N–H and O–H groups in total. The van der Waals surface area contributed by atoms with E-state index in [-0.39, 0.29) is 25.5 Å². The van der Waals surface area contributed by atoms with Crippen LogP contribution in [0.4, 0.5) is 0 Å². The van der Waals surface area contributed by atoms with E-state index in [0.717, 1.165) is 0 Å². The average molecular weight is 460 g/mol. The monoisotopic (exact) mass is 459 g/mol. The number of likely N-dealkylation sites (tertiary alicyclic amines) is 1. The molecule has 0 saturated carbocycles. The van der Waals surface area contributed by atoms with Gasteiger partial charge in [-0.05, 0) is 32.6 Å². The lowest BCUT2D eigenvalue weighted by molar-refractivity contribution is -0.149. The van der Waals surface area contributed by atoms with Gasteiger partial charge < -0.3 is 48.1 Å². The second-order valence-electron chi connectivity index (χ2n) is 7.55. The largest absolute Gasteiger partial charge is 0.480 e. The summed E-state index contributed by atoms with van der Waals surface area (Å²) in [5, 5.41) is 33.0. The zero-order valence-corrected chi connectivity index (χ0v) is 17.9. The lowest BCUT2D eigenvalue weighted by Crippen LogP contribution is -2.60. The van der Waals surface area contributed by atoms with Crippen molar-refractivity contribution < 1.29 is 34.5 Å². The van der Waals surface area contributed by atoms with Gasteiger partial charge in [-0.1, -0.05) is 0 Å². The number of hydrogen-bond acceptors (Lipinski definition) is 8. The van der Waals surface area contributed by atoms with Gasteiger partial charge in [0.15, 0.2) is 5.96 Å². The van der Waals surface area contributed by atoms with Crippen LogP contribution in [-0.4, -0.2) is 99.8 Å². The third-order valence-electron chi connectivity index (χ3n) is 4.98. The second-order valence-corrected chi connectivity index (χ2v) is 7.55. The predicted octanol–water partition coefficient (Wildman–Crippen LogP) is -4.21. The Balaban J connectivity index is 3.00. The number of rotatable bonds is 12. The number of carbonyl (C=O) groups excluding carboxylic acids is 3. The van der Waals surface area contributed by atoms with Gasteiger partial charge in [-0.2, -0.15) is 0 Å². The smallest absolute Gasteiger partial charge is 0.326 e. The summed E-state index contributed by atoms with van der Waals surface area (Å²) >= 11 is 0. The molecule has 3 amide bonds. The number of carboxylic acids is 1. The van der Waals surface area contributed by atoms with Gasteiger partial charge in [0, 0.05) is 13.1 Å². The molecule has 0 aromatic heterocycles. The van der Waals surface area contributed by atoms with Crippen molar-refractivity contribution in [1.82, 2.24) is 15.5 Å². The Kier molecular flexibility index (Phi) is 10.8. The van der Waals surface area contributed by atoms with Crippen molar-refractivity contribution >= 4 is 29.7 Å². The SMILES string of the molecule is CC(O)C(NC(=O)C(N)CO)C(=O)NC(CCCN=C(N)N)C(=O)N1CCCC1C(=O)O. The fourth-order valence-corrected chi connectivity index (χ4v) is 3.26. The topological polar surface area (TPSA) is 247 Å². The van der Waals surface area contributed by atoms with Crippen molar-refractivity contribution in [2.24, 2.45) is 22.2 Å². The molecule has 0 aromatic rings. The van der Waals surface area contributed by atoms with Gasteiger partial charge in [0.2, 0.25) is 17.7 Å². The summed E-state index contributed by atoms with van der Waals surface area (Å²) in [4.78, 5) is 54.2. The molecule has 1 saturated heterocycles. The number of guanidine groups is 1. The van der Waals surface area contributed by atoms with Crippen molar-refractivity contribution in [2.45, 2.75) is 62.9 Å². The van der Waals surface area contributed by atoms with Gasteiger partial charge in [0.25, 0.3) is 0 Å². The number of nitrogens with one attached hydrogen (secondary N) is 2. The van der Waals surface area contributed by atoms with Crippen molar-refractivity contribution in [3.05, 3.63) is 0 Å². The minimum atomic E-state index is -1.46. The molecule has 0 bridgehead atoms. The Morgan fingerprint density at radius 2 is 1.84 bits per heavy atom. The van der Waals surface area contributed by atoms with Crippen molar-refractivity contribution in [3.63, 3.8) is 0 Å². The van der Waals surface area contributed by atoms with Crippen LogP contribution in [0.5, 0.6) is 0 Å². The molecule has 0 aliphatic carbocycles. The van der Waals surface area contributed by atoms with E-state index in [9.17, 15) is 29.4 Å². The maximum absolute atomic E-state index is 13.1. The average Bonchev–Trinajstić information content (AvgIpc) is 3.22. The van der Waals surface area contributed by atoms with E-state index >= 15 is 0 Å². The standard InChI is InChI=1S/C18H33N7O7/c1-9(27)13(24-14(28)10(19)8-26)15(29)23-11(4-2-6-22-18(20)21)16(30)25-7-3-5-12(25)17(31)32/h9-13,26-27H,2-8,19H2,1H3,(H,23,29)(H,24,28)(H,31,32)(H4,20,21,22). The Morgan fingerprint density at radius 1 is 1.19 bits per heavy atom. The highest BCUT2D eigenvalue weighted by Crippen LogP contribution is 2.19. The quantitative estimate of drug-likeness (QED) is 0.0793. The summed E-state index contributed by atoms with van der Waals surface area (Å²) in [6.45, 7) is 0.979. The van der Waals surface area contributed by atoms with Gasteiger partial charge in [0.1, 0.15) is 24.2 Å². The van der Waals surface area contributed by atoms with Gasteiger partial charge in [-0.3, -0.25) is 19.4 Å². The molecule has 32 heavy (non-hydrogen) atoms. The number of amides is 3. The van der Waals surface area contributed by atoms with E-state index in [2.05, 4.69) is 15.6 Å². The van der Waals surface area contributed by atoms with Crippen LogP contribution < -0.4 is 27.8 Å². The Labute approximate surface area is 185 Å². The number of hydrogen-bond donors (Lipinski definition) is 8. The molecule has 14 heteroatoms. The first-order valence-corrected chi connectivity index (χ1v) is 10.2. The fourth-order valence-electron chi connectivity index (χ4n) is 3.26. The van der Waals surface area contributed by atoms with E-state index in [4.69, 9.17) is 22.3 Å². The number of aliphatic imine (C=N–C) groups is 1. The van der Waals surface area contributed by atoms with Crippen molar-refractivity contribution in [3.8, 4) is 0 Å². The number of nitrogens with two attached hydrogens (primary N) is 3. The van der Waals surface area contributed by atoms with E-state index in [1.54, 1.807) is 0 Å². The number of aliphatic hydroxyl groups is 2. The molecule has 1 heterocycles. The van der Waals surface area contributed by atoms with Crippen LogP contribution in [0.1, 0.15) is 32.6 Å². The molecule has 1 rings (SSSR count). The summed E-state index contributed by atoms with van der Waals surface area (Å²) < 4.78 is 0. The minimum absolute atomic E-state index is 0.0841. The molecule has 0 radical (unpaired) electrons. The Bertz CT molecular complexity index is 712. The first-order chi connectivity index (χ1) is 15.0. The number of aliphatic hydroxyl groups excluding tert-OH is 2. The molecule has 1 aliphatic heterocycles. The van der Waals surface area contributed by atoms with Gasteiger partial charge in [0.05, 0.1) is 12.7 Å². The first-order valence-electron chi connectivity index (χ1n) is 10.2. The predicted molar refractivity (Wildman–Crippen MR) is 113 cm³/mol. The summed E-state index contributed by atoms with van der Waals surface area (Å²) in [5.74, 6) is -3.62. The van der Waals surface area contributed by atoms with Crippen molar-refractivity contribution in [2.75, 3.05) is 19.7 Å². The van der Waals surface area contributed by atoms with E-state index in [1.165, 1.54) is 11.8 Å². The fraction of sp³-hybridized carbons (Fsp3) is 0.722. The highest BCUT2D eigenvalue weighted by Gasteiger charge is 2.38. The number of nitrogens with zero attached hydrogens (tertiary/aromatic N) is 2. The lowest BCUT2D eigenvalue weighted by Gasteiger charge is -2.29. The van der Waals surface area contributed by atoms with Crippen LogP contribution in [0.2, 0.25) is 0 Å². The molecule has 5 unspecified atom stereocenters. The third-order valence-corrected chi connectivity index (χ3v) is 4.98. The molecule has 182 valence electrons. The van der Waals surface area contributed by atoms with Crippen LogP contribution in [-0.2, 0) is 19.2 Å². The first kappa shape index (κ1) is 27.1. The molecular weight excluding hydrogens is 426 g/mol. The van der Waals surface area contributed by atoms with Gasteiger partial charge in [-0.25, -0.2) is 4.79 Å². The zero-order valence-electron chi connectivity index (χ0n) is 17.9. The summed E-state index contributed by atoms with van der Waals surface area (Å²) in [6, 6.07) is -4.90. The second kappa shape index (κ2) is 12.8. The molecular formula is C18H33N7O7. The van der Waals surface area contributed by atoms with Crippen LogP contribution in [0.3, 0.4) is 0 Å². The Morgan fingerprint density at radius 3 is 2.38 bits per heavy atom. The highest BCUT2D eigenvalue weighted by atomic mass is 16.4. The summed E-state index contributed by atoms with van der Waals surface area (Å²) in [6.07, 6.45) is -0.174. The highest BCUT2D eigenvalue weighted by molar-refractivity contribution is 5.94. The zero-order chi connectivity index (χ0) is 24.4. The summed E-state index contributed by atoms with van der Waals surface area (Å²) in [7, 11) is 0. The Hall–Kier alpha value is -2.97. The molecule has 0 spiro atoms. The van der Waals surface area contributed by atoms with Crippen LogP contribution in [0.15, 0.2) is 4.99 Å². The third kappa shape index (κ3) is 7.94. The molecule has 0 aromatic carbocycles. The maximum atomic E-state index is 13.1. The molecule has 1 fully saturated rings. The van der Waals surface area contributed by atoms with Crippen LogP contribution in [0, 0.1) is 0 Å². The van der Waals surface area contributed by atoms with Gasteiger partial charge >= 0.3 is 5.97 Å². The molecule has 14 nitrogen and oxygen atoms in total. The number of carbonyl (C=O) groups is 4. The van der Waals surface area contributed by atoms with Crippen LogP contribution >= 0.6 is 0 Å². The normalized spacial score (nSPS) is 19.4. The minimum Gasteiger partial charge on any atom is -0.480 e. The number of aliphatic carboxylic acids is 1. The van der Waals surface area contributed by atoms with Gasteiger partial charge in [-0.15, -0.1) is 0 Å². The molecule has 5 atom stereocenters. The summed E-state index contributed by atoms with van der Waals surface area (Å²) in [5.41, 5.74) is 16.0. The van der Waals surface area contributed by atoms with Crippen molar-refractivity contribution in [1.29, 1.82) is 0 Å². The van der Waals surface area contributed by atoms with E-state index in [1.807, 2.05) is 0 Å². The van der Waals surface area contributed by atoms with E-state index in [0.29, 0.717) is 19.3 Å². The van der Waals surface area contributed by atoms with Crippen LogP contribution in [0.25, 0.3) is 0 Å². The lowest BCUT2D eigenvalue weighted by atomic mass is 10.1. The number of carboxylic acid groups (broad SMARTS) is 1. The molecule has 1 aliphatic rings. The van der Waals surface area contributed by atoms with E-state index < -0.39 is 60.6 Å². The maximum Gasteiger partial charge on any atom is 0.326 e.